The van der Waals surface area contributed by atoms with Gasteiger partial charge in [-0.1, -0.05) is 89.5 Å². The van der Waals surface area contributed by atoms with Crippen molar-refractivity contribution in [1.29, 1.82) is 0 Å². The first kappa shape index (κ1) is 87.2. The number of aliphatic hydroxyl groups excluding tert-OH is 2. The summed E-state index contributed by atoms with van der Waals surface area (Å²) in [5, 5.41) is 34.9. The molecule has 0 aromatic heterocycles. The van der Waals surface area contributed by atoms with Gasteiger partial charge in [0.05, 0.1) is 36.6 Å². The number of aldehydes is 2. The summed E-state index contributed by atoms with van der Waals surface area (Å²) in [4.78, 5) is 161. The molecule has 1 aliphatic heterocycles. The van der Waals surface area contributed by atoms with Gasteiger partial charge in [-0.05, 0) is 127 Å². The van der Waals surface area contributed by atoms with E-state index in [2.05, 4.69) is 26.6 Å². The fraction of sp³-hybridized carbons (Fsp3) is 0.836. The van der Waals surface area contributed by atoms with Gasteiger partial charge in [0.25, 0.3) is 5.91 Å². The molecule has 1 rings (SSSR count). The van der Waals surface area contributed by atoms with E-state index in [0.29, 0.717) is 57.8 Å². The van der Waals surface area contributed by atoms with E-state index in [1.807, 2.05) is 48.5 Å². The highest BCUT2D eigenvalue weighted by molar-refractivity contribution is 5.94. The molecule has 95 heavy (non-hydrogen) atoms. The van der Waals surface area contributed by atoms with Crippen LogP contribution in [0.25, 0.3) is 0 Å². The van der Waals surface area contributed by atoms with Crippen LogP contribution < -0.4 is 26.6 Å². The third-order valence-corrected chi connectivity index (χ3v) is 17.6. The van der Waals surface area contributed by atoms with E-state index in [1.165, 1.54) is 72.9 Å². The van der Waals surface area contributed by atoms with Gasteiger partial charge in [0.15, 0.2) is 24.0 Å². The van der Waals surface area contributed by atoms with Gasteiger partial charge in [0.1, 0.15) is 30.3 Å². The normalized spacial score (nSPS) is 18.3. The molecule has 1 aliphatic rings. The van der Waals surface area contributed by atoms with Crippen molar-refractivity contribution in [1.82, 2.24) is 56.0 Å². The maximum atomic E-state index is 15.0. The number of ether oxygens (including phenoxy) is 1. The molecular weight excluding hydrogens is 1240 g/mol. The molecule has 9 amide bonds. The number of halogens is 3. The van der Waals surface area contributed by atoms with Gasteiger partial charge in [-0.25, -0.2) is 0 Å². The van der Waals surface area contributed by atoms with Crippen molar-refractivity contribution in [2.45, 2.75) is 241 Å². The zero-order valence-electron chi connectivity index (χ0n) is 60.8. The number of carbonyl (C=O) groups excluding carboxylic acids is 11. The van der Waals surface area contributed by atoms with Crippen LogP contribution in [0.3, 0.4) is 0 Å². The number of hydrogen-bond donors (Lipinski definition) is 7. The summed E-state index contributed by atoms with van der Waals surface area (Å²) in [6.07, 6.45) is -5.20. The molecule has 0 aromatic rings. The fourth-order valence-corrected chi connectivity index (χ4v) is 12.0. The Balaban J connectivity index is 3.48. The molecule has 28 heteroatoms. The van der Waals surface area contributed by atoms with E-state index < -0.39 is 144 Å². The van der Waals surface area contributed by atoms with E-state index >= 15 is 4.79 Å². The van der Waals surface area contributed by atoms with Crippen LogP contribution >= 0.6 is 0 Å². The average molecular weight is 1360 g/mol. The van der Waals surface area contributed by atoms with Crippen molar-refractivity contribution < 1.29 is 80.9 Å². The number of rotatable bonds is 42. The molecule has 0 bridgehead atoms. The number of alkyl halides is 3. The lowest BCUT2D eigenvalue weighted by atomic mass is 9.93. The van der Waals surface area contributed by atoms with E-state index in [9.17, 15) is 71.3 Å². The molecule has 0 aliphatic carbocycles. The summed E-state index contributed by atoms with van der Waals surface area (Å²) in [6.45, 7) is 25.8. The number of likely N-dealkylation sites (N-methyl/N-ethyl adjacent to an activating group) is 6. The summed E-state index contributed by atoms with van der Waals surface area (Å²) >= 11 is 0. The minimum absolute atomic E-state index is 0.0210. The van der Waals surface area contributed by atoms with Crippen molar-refractivity contribution in [3.05, 3.63) is 0 Å². The highest BCUT2D eigenvalue weighted by Gasteiger charge is 2.47. The molecule has 0 saturated carbocycles. The van der Waals surface area contributed by atoms with Crippen molar-refractivity contribution in [3.63, 3.8) is 0 Å². The van der Waals surface area contributed by atoms with Crippen molar-refractivity contribution in [2.75, 3.05) is 75.0 Å². The lowest BCUT2D eigenvalue weighted by Crippen LogP contribution is -2.68. The minimum Gasteiger partial charge on any atom is -0.391 e. The Morgan fingerprint density at radius 3 is 1.75 bits per heavy atom. The number of likely N-dealkylation sites (tertiary alicyclic amines) is 1. The van der Waals surface area contributed by atoms with Gasteiger partial charge in [0, 0.05) is 61.8 Å². The topological polar surface area (TPSA) is 317 Å². The first-order valence-electron chi connectivity index (χ1n) is 33.8. The number of nitrogens with zero attached hydrogens (tertiary/aromatic N) is 6. The lowest BCUT2D eigenvalue weighted by Gasteiger charge is -2.43. The number of amides is 9. The molecule has 1 fully saturated rings. The Morgan fingerprint density at radius 1 is 0.684 bits per heavy atom. The van der Waals surface area contributed by atoms with E-state index in [0.717, 1.165) is 14.7 Å². The van der Waals surface area contributed by atoms with E-state index in [-0.39, 0.29) is 81.2 Å². The van der Waals surface area contributed by atoms with Crippen LogP contribution in [0, 0.1) is 47.3 Å². The molecule has 1 heterocycles. The van der Waals surface area contributed by atoms with Gasteiger partial charge >= 0.3 is 6.18 Å². The molecule has 548 valence electrons. The fourth-order valence-electron chi connectivity index (χ4n) is 12.0. The summed E-state index contributed by atoms with van der Waals surface area (Å²) in [5.41, 5.74) is -4.10. The van der Waals surface area contributed by atoms with Crippen molar-refractivity contribution in [2.24, 2.45) is 47.3 Å². The summed E-state index contributed by atoms with van der Waals surface area (Å²) in [6, 6.07) is -6.32. The number of carbonyl (C=O) groups is 11. The standard InChI is InChI=1S/C67H120F3N11O14/c1-22-24-51(59(89)75-65(15,38-82)95-57(44(10)11)64(94)78(19)52(33-42(6)7)58(88)72-35-48(31-40(2)3)61(91)79(20)56(47(14)85)60(90)71-16)77(18)62(92)50(32-41(4)5)74-66(39-83,34-43(8)9)80(21)54(87)37-76(17)63(93)55(46(13)84)73-53(86)27-26-45(12)28-30-81-29-23-25-49(36-81)67(68,69)70/h38-52,55-57,74,84-85H,22-37H2,1-21H3,(H,71,90)(H,72,88)(H,73,86)(H,75,89). The Hall–Kier alpha value is -5.84. The molecular formula is C67H120F3N11O14. The van der Waals surface area contributed by atoms with Crippen molar-refractivity contribution in [3.8, 4) is 0 Å². The molecule has 0 spiro atoms. The molecule has 25 nitrogen and oxygen atoms in total. The van der Waals surface area contributed by atoms with Crippen molar-refractivity contribution >= 4 is 65.7 Å². The van der Waals surface area contributed by atoms with Gasteiger partial charge in [-0.15, -0.1) is 0 Å². The smallest absolute Gasteiger partial charge is 0.391 e. The predicted molar refractivity (Wildman–Crippen MR) is 355 cm³/mol. The SMILES string of the molecule is CCCC(C(=O)NC(C)(C=O)OC(C(=O)N(C)C(CC(C)C)C(=O)NCC(CC(C)C)C(=O)N(C)C(C(=O)NC)C(C)O)C(C)C)N(C)C(=O)C(CC(C)C)NC(C=O)(CC(C)C)N(C)C(=O)CN(C)C(=O)C(NC(=O)CCC(C)CCN1CCCC(C(F)(F)F)C1)C(C)O. The third-order valence-electron chi connectivity index (χ3n) is 17.6. The van der Waals surface area contributed by atoms with Gasteiger partial charge in [-0.2, -0.15) is 13.2 Å². The van der Waals surface area contributed by atoms with Crippen LogP contribution in [-0.4, -0.2) is 246 Å². The quantitative estimate of drug-likeness (QED) is 0.0334. The predicted octanol–water partition coefficient (Wildman–Crippen LogP) is 4.10. The number of hydrogen-bond acceptors (Lipinski definition) is 16. The summed E-state index contributed by atoms with van der Waals surface area (Å²) < 4.78 is 46.4. The molecule has 13 unspecified atom stereocenters. The highest BCUT2D eigenvalue weighted by Crippen LogP contribution is 2.34. The van der Waals surface area contributed by atoms with Gasteiger partial charge in [0.2, 0.25) is 47.3 Å². The largest absolute Gasteiger partial charge is 0.393 e. The second kappa shape index (κ2) is 40.1. The van der Waals surface area contributed by atoms with Gasteiger partial charge < -0.3 is 65.6 Å². The zero-order valence-corrected chi connectivity index (χ0v) is 60.8. The first-order chi connectivity index (χ1) is 43.9. The highest BCUT2D eigenvalue weighted by atomic mass is 19.4. The second-order valence-electron chi connectivity index (χ2n) is 28.7. The van der Waals surface area contributed by atoms with Gasteiger partial charge in [-0.3, -0.25) is 58.1 Å². The summed E-state index contributed by atoms with van der Waals surface area (Å²) in [7, 11) is 8.21. The Kier molecular flexibility index (Phi) is 36.8. The Bertz CT molecular complexity index is 2510. The third kappa shape index (κ3) is 27.5. The van der Waals surface area contributed by atoms with Crippen LogP contribution in [0.4, 0.5) is 13.2 Å². The van der Waals surface area contributed by atoms with Crippen LogP contribution in [0.15, 0.2) is 0 Å². The number of nitrogens with one attached hydrogen (secondary N) is 5. The van der Waals surface area contributed by atoms with E-state index in [1.54, 1.807) is 39.5 Å². The summed E-state index contributed by atoms with van der Waals surface area (Å²) in [5.74, 6) is -9.58. The first-order valence-corrected chi connectivity index (χ1v) is 33.8. The van der Waals surface area contributed by atoms with Crippen LogP contribution in [0.5, 0.6) is 0 Å². The molecule has 13 atom stereocenters. The lowest BCUT2D eigenvalue weighted by molar-refractivity contribution is -0.186. The maximum Gasteiger partial charge on any atom is 0.393 e. The molecule has 7 N–H and O–H groups in total. The Labute approximate surface area is 563 Å². The average Bonchev–Trinajstić information content (AvgIpc) is 0.806. The minimum atomic E-state index is -4.26. The van der Waals surface area contributed by atoms with Crippen LogP contribution in [-0.2, 0) is 57.5 Å². The second-order valence-corrected chi connectivity index (χ2v) is 28.7. The Morgan fingerprint density at radius 2 is 1.26 bits per heavy atom. The number of aliphatic hydroxyl groups is 2. The van der Waals surface area contributed by atoms with Crippen LogP contribution in [0.1, 0.15) is 174 Å². The van der Waals surface area contributed by atoms with Crippen LogP contribution in [0.2, 0.25) is 0 Å². The molecule has 1 saturated heterocycles. The van der Waals surface area contributed by atoms with E-state index in [4.69, 9.17) is 4.74 Å². The number of piperidine rings is 1. The maximum absolute atomic E-state index is 15.0. The molecule has 0 radical (unpaired) electrons. The monoisotopic (exact) mass is 1360 g/mol. The zero-order chi connectivity index (χ0) is 73.4. The molecule has 0 aromatic carbocycles.